The molecule has 1 aromatic heterocycles. The second-order valence-corrected chi connectivity index (χ2v) is 8.23. The van der Waals surface area contributed by atoms with Crippen LogP contribution in [0, 0.1) is 29.6 Å². The summed E-state index contributed by atoms with van der Waals surface area (Å²) in [5.74, 6) is 5.25. The van der Waals surface area contributed by atoms with E-state index in [2.05, 4.69) is 28.6 Å². The van der Waals surface area contributed by atoms with Gasteiger partial charge in [-0.2, -0.15) is 5.10 Å². The molecule has 0 amide bonds. The van der Waals surface area contributed by atoms with E-state index in [9.17, 15) is 0 Å². The van der Waals surface area contributed by atoms with Crippen molar-refractivity contribution in [1.82, 2.24) is 14.8 Å². The fourth-order valence-electron chi connectivity index (χ4n) is 5.73. The number of nitrogens with two attached hydrogens (primary N) is 1. The highest BCUT2D eigenvalue weighted by atomic mass is 15.3. The summed E-state index contributed by atoms with van der Waals surface area (Å²) < 4.78 is 2.08. The van der Waals surface area contributed by atoms with Crippen molar-refractivity contribution >= 4 is 0 Å². The molecule has 2 N–H and O–H groups in total. The third kappa shape index (κ3) is 2.14. The van der Waals surface area contributed by atoms with Gasteiger partial charge in [-0.25, -0.2) is 9.67 Å². The van der Waals surface area contributed by atoms with Gasteiger partial charge in [0.25, 0.3) is 0 Å². The topological polar surface area (TPSA) is 56.7 Å². The van der Waals surface area contributed by atoms with Gasteiger partial charge in [0.2, 0.25) is 0 Å². The maximum Gasteiger partial charge on any atom is 0.138 e. The molecular weight excluding hydrogens is 260 g/mol. The van der Waals surface area contributed by atoms with Gasteiger partial charge in [0, 0.05) is 18.5 Å². The number of nitrogens with zero attached hydrogens (tertiary/aromatic N) is 3. The van der Waals surface area contributed by atoms with Gasteiger partial charge >= 0.3 is 0 Å². The van der Waals surface area contributed by atoms with E-state index in [1.54, 1.807) is 6.33 Å². The van der Waals surface area contributed by atoms with Crippen molar-refractivity contribution in [2.75, 3.05) is 0 Å². The van der Waals surface area contributed by atoms with E-state index in [0.29, 0.717) is 5.92 Å². The SMILES string of the molecule is CC(C)Cn1ncnc1CC1(N)CC2CC1C1CCCC21. The highest BCUT2D eigenvalue weighted by Crippen LogP contribution is 2.62. The van der Waals surface area contributed by atoms with E-state index in [-0.39, 0.29) is 5.54 Å². The molecule has 1 aromatic rings. The molecule has 21 heavy (non-hydrogen) atoms. The van der Waals surface area contributed by atoms with E-state index in [1.165, 1.54) is 32.1 Å². The molecule has 4 heteroatoms. The molecule has 0 aliphatic heterocycles. The first-order valence-corrected chi connectivity index (χ1v) is 8.72. The Morgan fingerprint density at radius 1 is 1.38 bits per heavy atom. The summed E-state index contributed by atoms with van der Waals surface area (Å²) in [6, 6.07) is 0. The lowest BCUT2D eigenvalue weighted by atomic mass is 9.70. The van der Waals surface area contributed by atoms with Gasteiger partial charge in [0.1, 0.15) is 12.2 Å². The molecular formula is C17H28N4. The average molecular weight is 288 g/mol. The normalized spacial score (nSPS) is 41.1. The van der Waals surface area contributed by atoms with Crippen molar-refractivity contribution in [3.8, 4) is 0 Å². The van der Waals surface area contributed by atoms with E-state index in [4.69, 9.17) is 5.73 Å². The van der Waals surface area contributed by atoms with Crippen molar-refractivity contribution in [3.05, 3.63) is 12.2 Å². The summed E-state index contributed by atoms with van der Waals surface area (Å²) in [7, 11) is 0. The maximum atomic E-state index is 6.91. The third-order valence-corrected chi connectivity index (χ3v) is 6.41. The van der Waals surface area contributed by atoms with Gasteiger partial charge in [-0.15, -0.1) is 0 Å². The summed E-state index contributed by atoms with van der Waals surface area (Å²) in [5.41, 5.74) is 6.89. The quantitative estimate of drug-likeness (QED) is 0.926. The van der Waals surface area contributed by atoms with Crippen LogP contribution in [-0.2, 0) is 13.0 Å². The Hall–Kier alpha value is -0.900. The molecule has 1 heterocycles. The van der Waals surface area contributed by atoms with Gasteiger partial charge in [-0.05, 0) is 55.3 Å². The first kappa shape index (κ1) is 13.7. The van der Waals surface area contributed by atoms with Crippen molar-refractivity contribution in [1.29, 1.82) is 0 Å². The van der Waals surface area contributed by atoms with Crippen LogP contribution < -0.4 is 5.73 Å². The molecule has 5 unspecified atom stereocenters. The molecule has 2 bridgehead atoms. The fraction of sp³-hybridized carbons (Fsp3) is 0.882. The minimum Gasteiger partial charge on any atom is -0.324 e. The monoisotopic (exact) mass is 288 g/mol. The second kappa shape index (κ2) is 4.80. The van der Waals surface area contributed by atoms with Crippen LogP contribution in [0.4, 0.5) is 0 Å². The average Bonchev–Trinajstić information content (AvgIpc) is 3.10. The molecule has 3 aliphatic rings. The number of hydrogen-bond acceptors (Lipinski definition) is 3. The molecule has 3 aliphatic carbocycles. The molecule has 116 valence electrons. The van der Waals surface area contributed by atoms with E-state index in [1.807, 2.05) is 0 Å². The highest BCUT2D eigenvalue weighted by Gasteiger charge is 2.59. The van der Waals surface area contributed by atoms with Crippen LogP contribution in [0.25, 0.3) is 0 Å². The van der Waals surface area contributed by atoms with Crippen molar-refractivity contribution in [2.24, 2.45) is 35.3 Å². The zero-order valence-corrected chi connectivity index (χ0v) is 13.3. The molecule has 0 saturated heterocycles. The van der Waals surface area contributed by atoms with E-state index in [0.717, 1.165) is 42.5 Å². The van der Waals surface area contributed by atoms with Gasteiger partial charge in [-0.1, -0.05) is 20.3 Å². The summed E-state index contributed by atoms with van der Waals surface area (Å²) in [4.78, 5) is 4.52. The molecule has 3 fully saturated rings. The predicted molar refractivity (Wildman–Crippen MR) is 82.5 cm³/mol. The van der Waals surface area contributed by atoms with Crippen LogP contribution in [-0.4, -0.2) is 20.3 Å². The van der Waals surface area contributed by atoms with Crippen LogP contribution in [0.5, 0.6) is 0 Å². The highest BCUT2D eigenvalue weighted by molar-refractivity contribution is 5.15. The van der Waals surface area contributed by atoms with Crippen LogP contribution >= 0.6 is 0 Å². The molecule has 0 spiro atoms. The van der Waals surface area contributed by atoms with E-state index >= 15 is 0 Å². The predicted octanol–water partition coefficient (Wildman–Crippen LogP) is 2.63. The fourth-order valence-corrected chi connectivity index (χ4v) is 5.73. The Bertz CT molecular complexity index is 523. The van der Waals surface area contributed by atoms with Gasteiger partial charge in [0.05, 0.1) is 0 Å². The molecule has 0 aromatic carbocycles. The van der Waals surface area contributed by atoms with Crippen LogP contribution in [0.3, 0.4) is 0 Å². The van der Waals surface area contributed by atoms with Crippen LogP contribution in [0.1, 0.15) is 51.8 Å². The summed E-state index contributed by atoms with van der Waals surface area (Å²) in [6.07, 6.45) is 9.53. The zero-order valence-electron chi connectivity index (χ0n) is 13.3. The van der Waals surface area contributed by atoms with Crippen LogP contribution in [0.2, 0.25) is 0 Å². The van der Waals surface area contributed by atoms with Gasteiger partial charge < -0.3 is 5.73 Å². The lowest BCUT2D eigenvalue weighted by Gasteiger charge is -2.40. The Balaban J connectivity index is 1.54. The van der Waals surface area contributed by atoms with Crippen LogP contribution in [0.15, 0.2) is 6.33 Å². The standard InChI is InChI=1S/C17H28N4/c1-11(2)9-21-16(19-10-20-21)8-17(18)7-12-6-15(17)14-5-3-4-13(12)14/h10-15H,3-9,18H2,1-2H3. The largest absolute Gasteiger partial charge is 0.324 e. The number of aromatic nitrogens is 3. The van der Waals surface area contributed by atoms with Crippen molar-refractivity contribution < 1.29 is 0 Å². The number of hydrogen-bond donors (Lipinski definition) is 1. The zero-order chi connectivity index (χ0) is 14.6. The summed E-state index contributed by atoms with van der Waals surface area (Å²) in [6.45, 7) is 5.40. The lowest BCUT2D eigenvalue weighted by molar-refractivity contribution is 0.152. The Kier molecular flexibility index (Phi) is 3.14. The molecule has 0 radical (unpaired) electrons. The Labute approximate surface area is 127 Å². The molecule has 3 saturated carbocycles. The first-order chi connectivity index (χ1) is 10.1. The van der Waals surface area contributed by atoms with Gasteiger partial charge in [0.15, 0.2) is 0 Å². The molecule has 4 nitrogen and oxygen atoms in total. The summed E-state index contributed by atoms with van der Waals surface area (Å²) >= 11 is 0. The minimum atomic E-state index is -0.0159. The second-order valence-electron chi connectivity index (χ2n) is 8.23. The minimum absolute atomic E-state index is 0.0159. The number of fused-ring (bicyclic) bond motifs is 5. The first-order valence-electron chi connectivity index (χ1n) is 8.72. The number of rotatable bonds is 4. The third-order valence-electron chi connectivity index (χ3n) is 6.41. The Morgan fingerprint density at radius 2 is 2.19 bits per heavy atom. The smallest absolute Gasteiger partial charge is 0.138 e. The lowest BCUT2D eigenvalue weighted by Crippen LogP contribution is -2.51. The molecule has 5 atom stereocenters. The summed E-state index contributed by atoms with van der Waals surface area (Å²) in [5, 5.41) is 4.41. The van der Waals surface area contributed by atoms with E-state index < -0.39 is 0 Å². The van der Waals surface area contributed by atoms with Gasteiger partial charge in [-0.3, -0.25) is 0 Å². The van der Waals surface area contributed by atoms with Crippen molar-refractivity contribution in [2.45, 2.75) is 64.5 Å². The Morgan fingerprint density at radius 3 is 3.00 bits per heavy atom. The molecule has 4 rings (SSSR count). The maximum absolute atomic E-state index is 6.91. The van der Waals surface area contributed by atoms with Crippen molar-refractivity contribution in [3.63, 3.8) is 0 Å².